The number of nitrogens with zero attached hydrogens (tertiary/aromatic N) is 3. The number of amides is 1. The third kappa shape index (κ3) is 3.19. The van der Waals surface area contributed by atoms with Gasteiger partial charge in [-0.25, -0.2) is 9.78 Å². The van der Waals surface area contributed by atoms with Crippen LogP contribution < -0.4 is 5.32 Å². The average molecular weight is 408 g/mol. The zero-order valence-electron chi connectivity index (χ0n) is 11.8. The van der Waals surface area contributed by atoms with Crippen molar-refractivity contribution in [2.24, 2.45) is 0 Å². The fourth-order valence-electron chi connectivity index (χ4n) is 2.01. The molecule has 6 nitrogen and oxygen atoms in total. The number of halogens is 1. The molecule has 1 N–H and O–H groups in total. The van der Waals surface area contributed by atoms with Gasteiger partial charge in [0.15, 0.2) is 5.65 Å². The van der Waals surface area contributed by atoms with Crippen LogP contribution in [0, 0.1) is 10.5 Å². The number of aromatic nitrogens is 3. The highest BCUT2D eigenvalue weighted by Gasteiger charge is 2.11. The lowest BCUT2D eigenvalue weighted by molar-refractivity contribution is 0.155. The summed E-state index contributed by atoms with van der Waals surface area (Å²) in [7, 11) is 0. The van der Waals surface area contributed by atoms with Crippen LogP contribution in [0.5, 0.6) is 0 Å². The number of fused-ring (bicyclic) bond motifs is 1. The van der Waals surface area contributed by atoms with E-state index in [0.717, 1.165) is 14.8 Å². The fourth-order valence-corrected chi connectivity index (χ4v) is 2.48. The van der Waals surface area contributed by atoms with Gasteiger partial charge in [-0.3, -0.25) is 5.32 Å². The Bertz CT molecular complexity index is 817. The van der Waals surface area contributed by atoms with E-state index in [2.05, 4.69) is 38.0 Å². The topological polar surface area (TPSA) is 68.5 Å². The first-order valence-electron chi connectivity index (χ1n) is 6.62. The Labute approximate surface area is 140 Å². The second-order valence-corrected chi connectivity index (χ2v) is 5.86. The van der Waals surface area contributed by atoms with Crippen LogP contribution in [0.15, 0.2) is 42.6 Å². The summed E-state index contributed by atoms with van der Waals surface area (Å²) >= 11 is 2.15. The zero-order valence-corrected chi connectivity index (χ0v) is 13.9. The van der Waals surface area contributed by atoms with E-state index >= 15 is 0 Å². The summed E-state index contributed by atoms with van der Waals surface area (Å²) in [5.41, 5.74) is 2.44. The van der Waals surface area contributed by atoms with E-state index in [1.54, 1.807) is 16.8 Å². The van der Waals surface area contributed by atoms with Crippen LogP contribution in [0.25, 0.3) is 5.65 Å². The summed E-state index contributed by atoms with van der Waals surface area (Å²) in [6.45, 7) is 2.08. The zero-order chi connectivity index (χ0) is 15.5. The first-order chi connectivity index (χ1) is 10.6. The molecule has 2 aromatic heterocycles. The summed E-state index contributed by atoms with van der Waals surface area (Å²) in [6.07, 6.45) is 1.17. The van der Waals surface area contributed by atoms with Crippen molar-refractivity contribution in [1.29, 1.82) is 0 Å². The van der Waals surface area contributed by atoms with Crippen LogP contribution in [0.2, 0.25) is 0 Å². The Morgan fingerprint density at radius 3 is 2.91 bits per heavy atom. The highest BCUT2D eigenvalue weighted by atomic mass is 127. The number of hydrogen-bond acceptors (Lipinski definition) is 4. The normalized spacial score (nSPS) is 10.6. The molecule has 0 saturated carbocycles. The molecule has 3 rings (SSSR count). The maximum Gasteiger partial charge on any atom is 0.413 e. The lowest BCUT2D eigenvalue weighted by atomic mass is 10.2. The molecule has 0 aliphatic rings. The van der Waals surface area contributed by atoms with E-state index in [-0.39, 0.29) is 6.61 Å². The largest absolute Gasteiger partial charge is 0.444 e. The number of aryl methyl sites for hydroxylation is 1. The number of carbonyl (C=O) groups is 1. The van der Waals surface area contributed by atoms with E-state index < -0.39 is 6.09 Å². The van der Waals surface area contributed by atoms with Gasteiger partial charge >= 0.3 is 6.09 Å². The molecule has 1 aromatic carbocycles. The van der Waals surface area contributed by atoms with Crippen molar-refractivity contribution in [1.82, 2.24) is 14.6 Å². The Balaban J connectivity index is 1.74. The van der Waals surface area contributed by atoms with Crippen molar-refractivity contribution >= 4 is 40.1 Å². The maximum absolute atomic E-state index is 12.0. The van der Waals surface area contributed by atoms with Crippen molar-refractivity contribution in [3.05, 3.63) is 57.4 Å². The van der Waals surface area contributed by atoms with E-state index in [9.17, 15) is 4.79 Å². The number of anilines is 1. The molecule has 0 aliphatic carbocycles. The monoisotopic (exact) mass is 408 g/mol. The first-order valence-corrected chi connectivity index (χ1v) is 7.70. The van der Waals surface area contributed by atoms with Gasteiger partial charge in [0.1, 0.15) is 12.4 Å². The van der Waals surface area contributed by atoms with Crippen LogP contribution >= 0.6 is 22.6 Å². The van der Waals surface area contributed by atoms with Gasteiger partial charge in [-0.2, -0.15) is 9.61 Å². The molecule has 0 bridgehead atoms. The Kier molecular flexibility index (Phi) is 4.23. The summed E-state index contributed by atoms with van der Waals surface area (Å²) < 4.78 is 7.71. The molecular formula is C15H13IN4O2. The van der Waals surface area contributed by atoms with E-state index in [1.807, 2.05) is 37.3 Å². The number of hydrogen-bond donors (Lipinski definition) is 1. The Morgan fingerprint density at radius 1 is 1.36 bits per heavy atom. The summed E-state index contributed by atoms with van der Waals surface area (Å²) in [5.74, 6) is 0.531. The average Bonchev–Trinajstić information content (AvgIpc) is 2.88. The number of nitrogens with one attached hydrogen (secondary N) is 1. The minimum Gasteiger partial charge on any atom is -0.444 e. The van der Waals surface area contributed by atoms with Crippen molar-refractivity contribution in [3.8, 4) is 0 Å². The number of carbonyl (C=O) groups excluding carboxylic acids is 1. The van der Waals surface area contributed by atoms with Gasteiger partial charge in [-0.05, 0) is 35.1 Å². The van der Waals surface area contributed by atoms with Gasteiger partial charge in [0.2, 0.25) is 0 Å². The van der Waals surface area contributed by atoms with Gasteiger partial charge in [0, 0.05) is 11.8 Å². The Hall–Kier alpha value is -2.16. The standard InChI is InChI=1S/C15H13IN4O2/c1-10-7-13(20-14(18-10)12(16)8-17-20)19-15(21)22-9-11-5-3-2-4-6-11/h2-8H,9H2,1H3,(H,19,21). The van der Waals surface area contributed by atoms with Crippen LogP contribution in [-0.4, -0.2) is 20.7 Å². The molecule has 1 amide bonds. The molecule has 0 saturated heterocycles. The maximum atomic E-state index is 12.0. The van der Waals surface area contributed by atoms with Crippen molar-refractivity contribution in [2.75, 3.05) is 5.32 Å². The molecule has 0 spiro atoms. The SMILES string of the molecule is Cc1cc(NC(=O)OCc2ccccc2)n2ncc(I)c2n1. The van der Waals surface area contributed by atoms with Crippen molar-refractivity contribution in [2.45, 2.75) is 13.5 Å². The molecule has 0 atom stereocenters. The molecule has 112 valence electrons. The Morgan fingerprint density at radius 2 is 2.14 bits per heavy atom. The highest BCUT2D eigenvalue weighted by Crippen LogP contribution is 2.17. The second-order valence-electron chi connectivity index (χ2n) is 4.70. The van der Waals surface area contributed by atoms with E-state index in [0.29, 0.717) is 11.5 Å². The molecule has 0 radical (unpaired) electrons. The van der Waals surface area contributed by atoms with Crippen LogP contribution in [0.3, 0.4) is 0 Å². The molecule has 0 aliphatic heterocycles. The quantitative estimate of drug-likeness (QED) is 0.675. The molecule has 22 heavy (non-hydrogen) atoms. The predicted molar refractivity (Wildman–Crippen MR) is 90.7 cm³/mol. The summed E-state index contributed by atoms with van der Waals surface area (Å²) in [4.78, 5) is 16.3. The smallest absolute Gasteiger partial charge is 0.413 e. The lowest BCUT2D eigenvalue weighted by Crippen LogP contribution is -2.16. The molecule has 0 unspecified atom stereocenters. The van der Waals surface area contributed by atoms with Gasteiger partial charge in [0.05, 0.1) is 9.77 Å². The number of rotatable bonds is 3. The molecule has 3 aromatic rings. The summed E-state index contributed by atoms with van der Waals surface area (Å²) in [6, 6.07) is 11.3. The van der Waals surface area contributed by atoms with Gasteiger partial charge in [-0.1, -0.05) is 30.3 Å². The lowest BCUT2D eigenvalue weighted by Gasteiger charge is -2.09. The van der Waals surface area contributed by atoms with Crippen LogP contribution in [-0.2, 0) is 11.3 Å². The van der Waals surface area contributed by atoms with Crippen LogP contribution in [0.1, 0.15) is 11.3 Å². The third-order valence-electron chi connectivity index (χ3n) is 3.00. The van der Waals surface area contributed by atoms with Crippen LogP contribution in [0.4, 0.5) is 10.6 Å². The first kappa shape index (κ1) is 14.8. The van der Waals surface area contributed by atoms with Gasteiger partial charge < -0.3 is 4.74 Å². The molecule has 7 heteroatoms. The predicted octanol–water partition coefficient (Wildman–Crippen LogP) is 3.39. The number of ether oxygens (including phenoxy) is 1. The van der Waals surface area contributed by atoms with Gasteiger partial charge in [-0.15, -0.1) is 0 Å². The van der Waals surface area contributed by atoms with Gasteiger partial charge in [0.25, 0.3) is 0 Å². The highest BCUT2D eigenvalue weighted by molar-refractivity contribution is 14.1. The molecule has 2 heterocycles. The van der Waals surface area contributed by atoms with Crippen molar-refractivity contribution < 1.29 is 9.53 Å². The minimum atomic E-state index is -0.527. The van der Waals surface area contributed by atoms with E-state index in [1.165, 1.54) is 0 Å². The minimum absolute atomic E-state index is 0.219. The summed E-state index contributed by atoms with van der Waals surface area (Å²) in [5, 5.41) is 6.91. The third-order valence-corrected chi connectivity index (χ3v) is 3.76. The molecular weight excluding hydrogens is 395 g/mol. The number of benzene rings is 1. The second kappa shape index (κ2) is 6.30. The van der Waals surface area contributed by atoms with E-state index in [4.69, 9.17) is 4.74 Å². The fraction of sp³-hybridized carbons (Fsp3) is 0.133. The molecule has 0 fully saturated rings. The van der Waals surface area contributed by atoms with Crippen molar-refractivity contribution in [3.63, 3.8) is 0 Å².